The van der Waals surface area contributed by atoms with Gasteiger partial charge >= 0.3 is 0 Å². The Bertz CT molecular complexity index is 806. The van der Waals surface area contributed by atoms with E-state index >= 15 is 0 Å². The molecule has 2 aromatic rings. The van der Waals surface area contributed by atoms with Crippen LogP contribution in [0.1, 0.15) is 29.5 Å². The van der Waals surface area contributed by atoms with Gasteiger partial charge in [0.25, 0.3) is 0 Å². The van der Waals surface area contributed by atoms with Gasteiger partial charge < -0.3 is 10.2 Å². The smallest absolute Gasteiger partial charge is 0.246 e. The highest BCUT2D eigenvalue weighted by Gasteiger charge is 2.26. The molecule has 0 aliphatic carbocycles. The maximum Gasteiger partial charge on any atom is 0.246 e. The van der Waals surface area contributed by atoms with Gasteiger partial charge in [0.1, 0.15) is 0 Å². The first kappa shape index (κ1) is 18.9. The Labute approximate surface area is 160 Å². The highest BCUT2D eigenvalue weighted by Crippen LogP contribution is 2.18. The molecule has 1 heterocycles. The molecule has 0 bridgehead atoms. The maximum atomic E-state index is 12.4. The van der Waals surface area contributed by atoms with E-state index in [1.165, 1.54) is 5.56 Å². The van der Waals surface area contributed by atoms with Crippen LogP contribution in [0.2, 0.25) is 0 Å². The number of amides is 2. The minimum atomic E-state index is -0.0174. The summed E-state index contributed by atoms with van der Waals surface area (Å²) in [5.41, 5.74) is 3.34. The van der Waals surface area contributed by atoms with Crippen molar-refractivity contribution in [1.82, 2.24) is 10.2 Å². The fourth-order valence-electron chi connectivity index (χ4n) is 3.33. The van der Waals surface area contributed by atoms with Gasteiger partial charge in [-0.25, -0.2) is 0 Å². The lowest BCUT2D eigenvalue weighted by molar-refractivity contribution is -0.132. The molecule has 27 heavy (non-hydrogen) atoms. The summed E-state index contributed by atoms with van der Waals surface area (Å²) in [6, 6.07) is 17.9. The molecule has 1 aliphatic rings. The minimum absolute atomic E-state index is 0.0117. The number of rotatable bonds is 5. The quantitative estimate of drug-likeness (QED) is 0.827. The number of piperidine rings is 1. The molecule has 1 N–H and O–H groups in total. The van der Waals surface area contributed by atoms with Crippen molar-refractivity contribution in [3.05, 3.63) is 77.4 Å². The van der Waals surface area contributed by atoms with E-state index < -0.39 is 0 Å². The third-order valence-electron chi connectivity index (χ3n) is 5.11. The molecule has 1 saturated heterocycles. The number of hydrogen-bond donors (Lipinski definition) is 1. The molecule has 0 aromatic heterocycles. The summed E-state index contributed by atoms with van der Waals surface area (Å²) in [4.78, 5) is 26.6. The minimum Gasteiger partial charge on any atom is -0.352 e. The van der Waals surface area contributed by atoms with Crippen molar-refractivity contribution in [1.29, 1.82) is 0 Å². The summed E-state index contributed by atoms with van der Waals surface area (Å²) in [5.74, 6) is 0.0824. The topological polar surface area (TPSA) is 49.4 Å². The van der Waals surface area contributed by atoms with E-state index in [4.69, 9.17) is 0 Å². The van der Waals surface area contributed by atoms with Gasteiger partial charge in [0.15, 0.2) is 0 Å². The van der Waals surface area contributed by atoms with E-state index in [9.17, 15) is 9.59 Å². The molecule has 1 fully saturated rings. The Morgan fingerprint density at radius 2 is 1.70 bits per heavy atom. The Hall–Kier alpha value is -2.88. The van der Waals surface area contributed by atoms with Gasteiger partial charge in [-0.05, 0) is 42.5 Å². The number of benzene rings is 2. The molecule has 4 nitrogen and oxygen atoms in total. The second-order valence-corrected chi connectivity index (χ2v) is 6.99. The zero-order chi connectivity index (χ0) is 19.1. The number of aryl methyl sites for hydroxylation is 1. The third-order valence-corrected chi connectivity index (χ3v) is 5.11. The molecule has 1 aliphatic heterocycles. The predicted molar refractivity (Wildman–Crippen MR) is 108 cm³/mol. The lowest BCUT2D eigenvalue weighted by Gasteiger charge is -2.30. The van der Waals surface area contributed by atoms with E-state index in [2.05, 4.69) is 18.3 Å². The molecule has 0 spiro atoms. The van der Waals surface area contributed by atoms with Crippen LogP contribution in [-0.2, 0) is 16.1 Å². The van der Waals surface area contributed by atoms with E-state index in [1.54, 1.807) is 6.08 Å². The Balaban J connectivity index is 1.45. The third kappa shape index (κ3) is 5.30. The van der Waals surface area contributed by atoms with E-state index in [1.807, 2.05) is 59.5 Å². The lowest BCUT2D eigenvalue weighted by atomic mass is 9.95. The Morgan fingerprint density at radius 3 is 2.41 bits per heavy atom. The van der Waals surface area contributed by atoms with Crippen molar-refractivity contribution in [2.75, 3.05) is 13.1 Å². The number of hydrogen-bond acceptors (Lipinski definition) is 2. The molecule has 0 saturated carbocycles. The standard InChI is InChI=1S/C23H26N2O2/c1-18-7-5-6-10-21(18)17-24-23(27)20-13-15-25(16-14-20)22(26)12-11-19-8-3-2-4-9-19/h2-12,20H,13-17H2,1H3,(H,24,27). The van der Waals surface area contributed by atoms with Crippen molar-refractivity contribution in [2.45, 2.75) is 26.3 Å². The predicted octanol–water partition coefficient (Wildman–Crippen LogP) is 3.56. The zero-order valence-electron chi connectivity index (χ0n) is 15.7. The summed E-state index contributed by atoms with van der Waals surface area (Å²) in [5, 5.41) is 3.04. The summed E-state index contributed by atoms with van der Waals surface area (Å²) < 4.78 is 0. The van der Waals surface area contributed by atoms with Crippen LogP contribution in [0.15, 0.2) is 60.7 Å². The first-order chi connectivity index (χ1) is 13.1. The zero-order valence-corrected chi connectivity index (χ0v) is 15.7. The summed E-state index contributed by atoms with van der Waals surface area (Å²) in [6.07, 6.45) is 4.88. The first-order valence-electron chi connectivity index (χ1n) is 9.48. The van der Waals surface area contributed by atoms with Crippen molar-refractivity contribution >= 4 is 17.9 Å². The highest BCUT2D eigenvalue weighted by atomic mass is 16.2. The average molecular weight is 362 g/mol. The van der Waals surface area contributed by atoms with E-state index in [-0.39, 0.29) is 17.7 Å². The molecular weight excluding hydrogens is 336 g/mol. The molecule has 3 rings (SSSR count). The maximum absolute atomic E-state index is 12.4. The molecule has 2 aromatic carbocycles. The Kier molecular flexibility index (Phi) is 6.42. The SMILES string of the molecule is Cc1ccccc1CNC(=O)C1CCN(C(=O)C=Cc2ccccc2)CC1. The largest absolute Gasteiger partial charge is 0.352 e. The van der Waals surface area contributed by atoms with Gasteiger partial charge in [0, 0.05) is 31.6 Å². The Morgan fingerprint density at radius 1 is 1.04 bits per heavy atom. The monoisotopic (exact) mass is 362 g/mol. The number of nitrogens with one attached hydrogen (secondary N) is 1. The molecule has 4 heteroatoms. The second-order valence-electron chi connectivity index (χ2n) is 6.99. The van der Waals surface area contributed by atoms with Crippen LogP contribution < -0.4 is 5.32 Å². The lowest BCUT2D eigenvalue weighted by Crippen LogP contribution is -2.42. The highest BCUT2D eigenvalue weighted by molar-refractivity contribution is 5.92. The molecule has 140 valence electrons. The fourth-order valence-corrected chi connectivity index (χ4v) is 3.33. The average Bonchev–Trinajstić information content (AvgIpc) is 2.72. The van der Waals surface area contributed by atoms with Crippen molar-refractivity contribution in [3.8, 4) is 0 Å². The van der Waals surface area contributed by atoms with Gasteiger partial charge in [-0.3, -0.25) is 9.59 Å². The molecular formula is C23H26N2O2. The van der Waals surface area contributed by atoms with Gasteiger partial charge in [0.2, 0.25) is 11.8 Å². The number of carbonyl (C=O) groups is 2. The van der Waals surface area contributed by atoms with Gasteiger partial charge in [-0.1, -0.05) is 54.6 Å². The number of nitrogens with zero attached hydrogens (tertiary/aromatic N) is 1. The van der Waals surface area contributed by atoms with Crippen molar-refractivity contribution in [3.63, 3.8) is 0 Å². The van der Waals surface area contributed by atoms with Crippen LogP contribution in [0.25, 0.3) is 6.08 Å². The van der Waals surface area contributed by atoms with Crippen molar-refractivity contribution in [2.24, 2.45) is 5.92 Å². The molecule has 0 unspecified atom stereocenters. The fraction of sp³-hybridized carbons (Fsp3) is 0.304. The summed E-state index contributed by atoms with van der Waals surface area (Å²) in [6.45, 7) is 3.86. The van der Waals surface area contributed by atoms with Gasteiger partial charge in [-0.2, -0.15) is 0 Å². The van der Waals surface area contributed by atoms with Gasteiger partial charge in [-0.15, -0.1) is 0 Å². The number of carbonyl (C=O) groups excluding carboxylic acids is 2. The van der Waals surface area contributed by atoms with Crippen LogP contribution in [0.3, 0.4) is 0 Å². The van der Waals surface area contributed by atoms with Crippen LogP contribution in [0.5, 0.6) is 0 Å². The van der Waals surface area contributed by atoms with Gasteiger partial charge in [0.05, 0.1) is 0 Å². The summed E-state index contributed by atoms with van der Waals surface area (Å²) in [7, 11) is 0. The second kappa shape index (κ2) is 9.17. The summed E-state index contributed by atoms with van der Waals surface area (Å²) >= 11 is 0. The normalized spacial score (nSPS) is 15.1. The molecule has 0 radical (unpaired) electrons. The molecule has 0 atom stereocenters. The van der Waals surface area contributed by atoms with Crippen LogP contribution >= 0.6 is 0 Å². The van der Waals surface area contributed by atoms with Crippen LogP contribution in [0, 0.1) is 12.8 Å². The first-order valence-corrected chi connectivity index (χ1v) is 9.48. The van der Waals surface area contributed by atoms with Crippen molar-refractivity contribution < 1.29 is 9.59 Å². The van der Waals surface area contributed by atoms with E-state index in [0.29, 0.717) is 32.5 Å². The molecule has 2 amide bonds. The van der Waals surface area contributed by atoms with Crippen LogP contribution in [-0.4, -0.2) is 29.8 Å². The number of likely N-dealkylation sites (tertiary alicyclic amines) is 1. The van der Waals surface area contributed by atoms with Crippen LogP contribution in [0.4, 0.5) is 0 Å². The van der Waals surface area contributed by atoms with E-state index in [0.717, 1.165) is 11.1 Å².